The summed E-state index contributed by atoms with van der Waals surface area (Å²) in [5.74, 6) is 1.45. The fourth-order valence-corrected chi connectivity index (χ4v) is 2.09. The van der Waals surface area contributed by atoms with Gasteiger partial charge in [0.25, 0.3) is 0 Å². The van der Waals surface area contributed by atoms with Crippen LogP contribution >= 0.6 is 11.6 Å². The van der Waals surface area contributed by atoms with Crippen LogP contribution in [0.3, 0.4) is 0 Å². The van der Waals surface area contributed by atoms with Gasteiger partial charge < -0.3 is 19.7 Å². The zero-order valence-electron chi connectivity index (χ0n) is 11.8. The lowest BCUT2D eigenvalue weighted by Gasteiger charge is -2.26. The summed E-state index contributed by atoms with van der Waals surface area (Å²) < 4.78 is 10.4. The Kier molecular flexibility index (Phi) is 5.75. The van der Waals surface area contributed by atoms with Crippen LogP contribution in [0.2, 0.25) is 5.28 Å². The second kappa shape index (κ2) is 7.56. The minimum atomic E-state index is 0.198. The van der Waals surface area contributed by atoms with Gasteiger partial charge in [0.15, 0.2) is 0 Å². The molecule has 2 heterocycles. The zero-order chi connectivity index (χ0) is 14.4. The van der Waals surface area contributed by atoms with Crippen LogP contribution in [0.15, 0.2) is 0 Å². The number of hydrogen-bond donors (Lipinski definition) is 1. The van der Waals surface area contributed by atoms with Crippen molar-refractivity contribution in [2.24, 2.45) is 5.92 Å². The van der Waals surface area contributed by atoms with Crippen molar-refractivity contribution in [1.29, 1.82) is 0 Å². The molecule has 112 valence electrons. The molecule has 0 bridgehead atoms. The van der Waals surface area contributed by atoms with Crippen molar-refractivity contribution in [1.82, 2.24) is 15.0 Å². The molecular weight excluding hydrogens is 282 g/mol. The first-order valence-corrected chi connectivity index (χ1v) is 7.04. The minimum Gasteiger partial charge on any atom is -0.384 e. The first kappa shape index (κ1) is 15.2. The number of nitrogens with zero attached hydrogens (tertiary/aromatic N) is 4. The summed E-state index contributed by atoms with van der Waals surface area (Å²) in [5, 5.41) is 3.36. The van der Waals surface area contributed by atoms with Crippen LogP contribution in [0.5, 0.6) is 0 Å². The van der Waals surface area contributed by atoms with E-state index in [1.807, 2.05) is 4.90 Å². The quantitative estimate of drug-likeness (QED) is 0.842. The summed E-state index contributed by atoms with van der Waals surface area (Å²) in [5.41, 5.74) is 0. The highest BCUT2D eigenvalue weighted by atomic mass is 35.5. The number of methoxy groups -OCH3 is 1. The van der Waals surface area contributed by atoms with Crippen molar-refractivity contribution >= 4 is 23.5 Å². The van der Waals surface area contributed by atoms with Gasteiger partial charge in [-0.05, 0) is 17.5 Å². The van der Waals surface area contributed by atoms with Gasteiger partial charge in [0.05, 0.1) is 19.8 Å². The van der Waals surface area contributed by atoms with Crippen molar-refractivity contribution in [2.75, 3.05) is 56.8 Å². The SMILES string of the molecule is COCC(C)CNc1nc(Cl)nc(N2CCOCC2)n1. The van der Waals surface area contributed by atoms with Crippen LogP contribution in [0.1, 0.15) is 6.92 Å². The van der Waals surface area contributed by atoms with Gasteiger partial charge in [-0.1, -0.05) is 6.92 Å². The molecule has 1 N–H and O–H groups in total. The molecule has 0 radical (unpaired) electrons. The third kappa shape index (κ3) is 4.43. The Balaban J connectivity index is 2.00. The van der Waals surface area contributed by atoms with E-state index < -0.39 is 0 Å². The molecule has 1 aromatic heterocycles. The lowest BCUT2D eigenvalue weighted by atomic mass is 10.2. The molecule has 8 heteroatoms. The summed E-state index contributed by atoms with van der Waals surface area (Å²) in [6, 6.07) is 0. The van der Waals surface area contributed by atoms with Crippen LogP contribution in [-0.2, 0) is 9.47 Å². The fourth-order valence-electron chi connectivity index (χ4n) is 1.93. The normalized spacial score (nSPS) is 17.1. The van der Waals surface area contributed by atoms with Gasteiger partial charge in [-0.15, -0.1) is 0 Å². The molecule has 0 aromatic carbocycles. The van der Waals surface area contributed by atoms with Gasteiger partial charge in [-0.25, -0.2) is 0 Å². The average molecular weight is 302 g/mol. The number of aromatic nitrogens is 3. The molecule has 1 aliphatic heterocycles. The van der Waals surface area contributed by atoms with E-state index >= 15 is 0 Å². The standard InChI is InChI=1S/C12H20ClN5O2/c1-9(8-19-2)7-14-11-15-10(13)16-12(17-11)18-3-5-20-6-4-18/h9H,3-8H2,1-2H3,(H,14,15,16,17). The van der Waals surface area contributed by atoms with E-state index in [1.165, 1.54) is 0 Å². The molecule has 0 amide bonds. The largest absolute Gasteiger partial charge is 0.384 e. The third-order valence-corrected chi connectivity index (χ3v) is 3.12. The Morgan fingerprint density at radius 3 is 2.80 bits per heavy atom. The van der Waals surface area contributed by atoms with E-state index in [-0.39, 0.29) is 5.28 Å². The van der Waals surface area contributed by atoms with Crippen molar-refractivity contribution in [3.8, 4) is 0 Å². The Morgan fingerprint density at radius 1 is 1.35 bits per heavy atom. The number of ether oxygens (including phenoxy) is 2. The van der Waals surface area contributed by atoms with E-state index in [2.05, 4.69) is 27.2 Å². The van der Waals surface area contributed by atoms with E-state index in [0.717, 1.165) is 19.6 Å². The number of nitrogens with one attached hydrogen (secondary N) is 1. The summed E-state index contributed by atoms with van der Waals surface area (Å²) in [6.45, 7) is 6.37. The van der Waals surface area contributed by atoms with Crippen LogP contribution < -0.4 is 10.2 Å². The molecule has 0 saturated carbocycles. The average Bonchev–Trinajstić information content (AvgIpc) is 2.46. The van der Waals surface area contributed by atoms with Crippen LogP contribution in [0, 0.1) is 5.92 Å². The highest BCUT2D eigenvalue weighted by Crippen LogP contribution is 2.15. The molecule has 1 saturated heterocycles. The van der Waals surface area contributed by atoms with Gasteiger partial charge in [-0.2, -0.15) is 15.0 Å². The van der Waals surface area contributed by atoms with Crippen molar-refractivity contribution in [3.05, 3.63) is 5.28 Å². The van der Waals surface area contributed by atoms with Gasteiger partial charge in [0.1, 0.15) is 0 Å². The highest BCUT2D eigenvalue weighted by Gasteiger charge is 2.16. The van der Waals surface area contributed by atoms with E-state index in [4.69, 9.17) is 21.1 Å². The maximum Gasteiger partial charge on any atom is 0.231 e. The summed E-state index contributed by atoms with van der Waals surface area (Å²) in [4.78, 5) is 14.7. The summed E-state index contributed by atoms with van der Waals surface area (Å²) in [6.07, 6.45) is 0. The lowest BCUT2D eigenvalue weighted by molar-refractivity contribution is 0.122. The molecule has 1 aliphatic rings. The number of hydrogen-bond acceptors (Lipinski definition) is 7. The van der Waals surface area contributed by atoms with E-state index in [9.17, 15) is 0 Å². The number of halogens is 1. The smallest absolute Gasteiger partial charge is 0.231 e. The summed E-state index contributed by atoms with van der Waals surface area (Å²) >= 11 is 5.96. The van der Waals surface area contributed by atoms with Gasteiger partial charge in [-0.3, -0.25) is 0 Å². The van der Waals surface area contributed by atoms with Gasteiger partial charge >= 0.3 is 0 Å². The molecule has 1 fully saturated rings. The third-order valence-electron chi connectivity index (χ3n) is 2.95. The van der Waals surface area contributed by atoms with E-state index in [0.29, 0.717) is 37.6 Å². The summed E-state index contributed by atoms with van der Waals surface area (Å²) in [7, 11) is 1.69. The zero-order valence-corrected chi connectivity index (χ0v) is 12.6. The molecule has 0 aliphatic carbocycles. The predicted molar refractivity (Wildman–Crippen MR) is 77.4 cm³/mol. The Morgan fingerprint density at radius 2 is 2.10 bits per heavy atom. The maximum absolute atomic E-state index is 5.96. The van der Waals surface area contributed by atoms with Crippen molar-refractivity contribution < 1.29 is 9.47 Å². The molecule has 1 aromatic rings. The number of anilines is 2. The molecule has 0 spiro atoms. The number of morpholine rings is 1. The van der Waals surface area contributed by atoms with Crippen LogP contribution in [0.25, 0.3) is 0 Å². The molecule has 7 nitrogen and oxygen atoms in total. The van der Waals surface area contributed by atoms with Crippen LogP contribution in [0.4, 0.5) is 11.9 Å². The Hall–Kier alpha value is -1.18. The van der Waals surface area contributed by atoms with E-state index in [1.54, 1.807) is 7.11 Å². The topological polar surface area (TPSA) is 72.4 Å². The molecule has 1 atom stereocenters. The monoisotopic (exact) mass is 301 g/mol. The minimum absolute atomic E-state index is 0.198. The first-order valence-electron chi connectivity index (χ1n) is 6.66. The van der Waals surface area contributed by atoms with Gasteiger partial charge in [0, 0.05) is 26.7 Å². The molecule has 20 heavy (non-hydrogen) atoms. The molecule has 2 rings (SSSR count). The Bertz CT molecular complexity index is 428. The Labute approximate surface area is 123 Å². The molecule has 1 unspecified atom stereocenters. The predicted octanol–water partition coefficient (Wildman–Crippen LogP) is 1.06. The van der Waals surface area contributed by atoms with Crippen molar-refractivity contribution in [3.63, 3.8) is 0 Å². The molecular formula is C12H20ClN5O2. The second-order valence-electron chi connectivity index (χ2n) is 4.77. The first-order chi connectivity index (χ1) is 9.69. The highest BCUT2D eigenvalue weighted by molar-refractivity contribution is 6.28. The second-order valence-corrected chi connectivity index (χ2v) is 5.11. The lowest BCUT2D eigenvalue weighted by Crippen LogP contribution is -2.37. The number of rotatable bonds is 6. The van der Waals surface area contributed by atoms with Crippen LogP contribution in [-0.4, -0.2) is 61.5 Å². The van der Waals surface area contributed by atoms with Crippen molar-refractivity contribution in [2.45, 2.75) is 6.92 Å². The van der Waals surface area contributed by atoms with Gasteiger partial charge in [0.2, 0.25) is 17.2 Å². The fraction of sp³-hybridized carbons (Fsp3) is 0.750. The maximum atomic E-state index is 5.96.